The van der Waals surface area contributed by atoms with E-state index in [1.807, 2.05) is 38.0 Å². The molecule has 0 bridgehead atoms. The number of Topliss-reactive ketones (excluding diaryl/α,β-unsaturated/α-hetero) is 2. The van der Waals surface area contributed by atoms with Gasteiger partial charge in [-0.1, -0.05) is 0 Å². The number of carbonyl (C=O) groups is 4. The number of benzene rings is 2. The van der Waals surface area contributed by atoms with Crippen LogP contribution in [0.1, 0.15) is 118 Å². The van der Waals surface area contributed by atoms with Gasteiger partial charge in [0.2, 0.25) is 0 Å². The van der Waals surface area contributed by atoms with Crippen LogP contribution in [0, 0.1) is 11.8 Å². The van der Waals surface area contributed by atoms with Crippen molar-refractivity contribution in [1.82, 2.24) is 25.8 Å². The van der Waals surface area contributed by atoms with E-state index in [-0.39, 0.29) is 64.5 Å². The second-order valence-corrected chi connectivity index (χ2v) is 16.3. The van der Waals surface area contributed by atoms with E-state index in [9.17, 15) is 19.2 Å². The third-order valence-corrected chi connectivity index (χ3v) is 11.9. The van der Waals surface area contributed by atoms with Gasteiger partial charge in [-0.2, -0.15) is 0 Å². The van der Waals surface area contributed by atoms with Crippen molar-refractivity contribution < 1.29 is 38.1 Å². The fourth-order valence-corrected chi connectivity index (χ4v) is 8.61. The zero-order chi connectivity index (χ0) is 41.9. The molecular formula is C44H64N6O8. The second kappa shape index (κ2) is 20.7. The molecule has 58 heavy (non-hydrogen) atoms. The Morgan fingerprint density at radius 1 is 0.569 bits per heavy atom. The van der Waals surface area contributed by atoms with Gasteiger partial charge in [0.15, 0.2) is 17.5 Å². The summed E-state index contributed by atoms with van der Waals surface area (Å²) in [5.41, 5.74) is 1.32. The average Bonchev–Trinajstić information content (AvgIpc) is 3.22. The molecule has 3 N–H and O–H groups in total. The van der Waals surface area contributed by atoms with Crippen LogP contribution in [0.15, 0.2) is 29.3 Å². The van der Waals surface area contributed by atoms with Gasteiger partial charge < -0.3 is 44.7 Å². The number of hydrogen-bond donors (Lipinski definition) is 3. The summed E-state index contributed by atoms with van der Waals surface area (Å²) in [5.74, 6) is 1.95. The lowest BCUT2D eigenvalue weighted by atomic mass is 9.81. The number of rotatable bonds is 15. The first-order valence-corrected chi connectivity index (χ1v) is 20.7. The highest BCUT2D eigenvalue weighted by Crippen LogP contribution is 2.37. The van der Waals surface area contributed by atoms with Gasteiger partial charge in [0, 0.05) is 65.2 Å². The van der Waals surface area contributed by atoms with Gasteiger partial charge >= 0.3 is 0 Å². The molecule has 3 fully saturated rings. The van der Waals surface area contributed by atoms with Gasteiger partial charge in [0.1, 0.15) is 23.0 Å². The van der Waals surface area contributed by atoms with Crippen molar-refractivity contribution >= 4 is 29.3 Å². The van der Waals surface area contributed by atoms with E-state index in [1.165, 1.54) is 28.4 Å². The maximum Gasteiger partial charge on any atom is 0.255 e. The minimum Gasteiger partial charge on any atom is -0.496 e. The number of amides is 2. The van der Waals surface area contributed by atoms with Crippen molar-refractivity contribution in [2.45, 2.75) is 95.2 Å². The summed E-state index contributed by atoms with van der Waals surface area (Å²) in [6.45, 7) is 1.67. The van der Waals surface area contributed by atoms with Crippen LogP contribution in [0.2, 0.25) is 0 Å². The Balaban J connectivity index is 1.18. The fraction of sp³-hybridized carbons (Fsp3) is 0.614. The number of nitrogens with one attached hydrogen (secondary N) is 3. The molecule has 2 aliphatic carbocycles. The summed E-state index contributed by atoms with van der Waals surface area (Å²) in [4.78, 5) is 63.6. The number of aliphatic imine (C=N–C) groups is 1. The molecule has 14 nitrogen and oxygen atoms in total. The molecule has 3 aliphatic rings. The van der Waals surface area contributed by atoms with E-state index in [2.05, 4.69) is 16.0 Å². The molecule has 2 aromatic rings. The third-order valence-electron chi connectivity index (χ3n) is 11.9. The van der Waals surface area contributed by atoms with Crippen LogP contribution in [-0.4, -0.2) is 127 Å². The summed E-state index contributed by atoms with van der Waals surface area (Å²) in [7, 11) is 14.0. The predicted octanol–water partition coefficient (Wildman–Crippen LogP) is 5.38. The Kier molecular flexibility index (Phi) is 15.8. The van der Waals surface area contributed by atoms with Gasteiger partial charge in [-0.05, 0) is 101 Å². The second-order valence-electron chi connectivity index (χ2n) is 16.3. The van der Waals surface area contributed by atoms with Crippen molar-refractivity contribution in [3.8, 4) is 23.0 Å². The Morgan fingerprint density at radius 2 is 0.948 bits per heavy atom. The molecule has 0 aromatic heterocycles. The van der Waals surface area contributed by atoms with E-state index in [1.54, 1.807) is 24.3 Å². The highest BCUT2D eigenvalue weighted by molar-refractivity contribution is 6.05. The topological polar surface area (TPSA) is 160 Å². The average molecular weight is 805 g/mol. The van der Waals surface area contributed by atoms with Crippen LogP contribution in [0.5, 0.6) is 23.0 Å². The molecule has 2 amide bonds. The van der Waals surface area contributed by atoms with E-state index in [4.69, 9.17) is 23.9 Å². The van der Waals surface area contributed by atoms with Crippen LogP contribution in [-0.2, 0) is 0 Å². The van der Waals surface area contributed by atoms with Gasteiger partial charge in [0.25, 0.3) is 11.8 Å². The lowest BCUT2D eigenvalue weighted by Gasteiger charge is -2.29. The zero-order valence-electron chi connectivity index (χ0n) is 35.7. The number of ether oxygens (including phenoxy) is 4. The summed E-state index contributed by atoms with van der Waals surface area (Å²) in [6.07, 6.45) is 8.85. The SMILES string of the molecule is COc1cc(OC)c(C(=O)CC2CCC(NC(=O)c3cc(C(=O)NC4CCNCC4)c(OC)cc3OC)CC2)cc1C(=O)CC1CCC(N=C(N(C)C)N(C)C)CC1. The lowest BCUT2D eigenvalue weighted by Crippen LogP contribution is -2.43. The molecule has 1 saturated heterocycles. The predicted molar refractivity (Wildman–Crippen MR) is 224 cm³/mol. The van der Waals surface area contributed by atoms with Gasteiger partial charge in [-0.25, -0.2) is 4.99 Å². The van der Waals surface area contributed by atoms with Gasteiger partial charge in [0.05, 0.1) is 56.7 Å². The lowest BCUT2D eigenvalue weighted by molar-refractivity contribution is 0.0891. The maximum absolute atomic E-state index is 13.9. The Hall–Kier alpha value is -4.85. The van der Waals surface area contributed by atoms with Crippen molar-refractivity contribution in [3.63, 3.8) is 0 Å². The minimum atomic E-state index is -0.334. The Labute approximate surface area is 343 Å². The zero-order valence-corrected chi connectivity index (χ0v) is 35.7. The largest absolute Gasteiger partial charge is 0.496 e. The molecule has 0 atom stereocenters. The summed E-state index contributed by atoms with van der Waals surface area (Å²) < 4.78 is 22.3. The maximum atomic E-state index is 13.9. The first kappa shape index (κ1) is 44.3. The molecule has 2 saturated carbocycles. The summed E-state index contributed by atoms with van der Waals surface area (Å²) >= 11 is 0. The van der Waals surface area contributed by atoms with Crippen molar-refractivity contribution in [2.24, 2.45) is 16.8 Å². The number of nitrogens with zero attached hydrogens (tertiary/aromatic N) is 3. The van der Waals surface area contributed by atoms with E-state index < -0.39 is 0 Å². The fourth-order valence-electron chi connectivity index (χ4n) is 8.61. The molecule has 1 aliphatic heterocycles. The standard InChI is InChI=1S/C44H64N6O8/c1-49(2)44(50(3)4)48-30-15-11-28(12-16-30)22-37(52)33-23-32(38(55-5)25-39(33)56-6)36(51)21-27-9-13-29(14-10-27)46-42(53)34-24-35(41(58-8)26-40(34)57-7)43(54)47-31-17-19-45-20-18-31/h23-31,45H,9-22H2,1-8H3,(H,46,53)(H,47,54). The summed E-state index contributed by atoms with van der Waals surface area (Å²) in [5, 5.41) is 9.51. The number of piperidine rings is 1. The quantitative estimate of drug-likeness (QED) is 0.121. The smallest absolute Gasteiger partial charge is 0.255 e. The number of hydrogen-bond acceptors (Lipinski definition) is 10. The van der Waals surface area contributed by atoms with Gasteiger partial charge in [-0.15, -0.1) is 0 Å². The van der Waals surface area contributed by atoms with Crippen LogP contribution in [0.25, 0.3) is 0 Å². The molecule has 2 aromatic carbocycles. The number of carbonyl (C=O) groups excluding carboxylic acids is 4. The van der Waals surface area contributed by atoms with Crippen molar-refractivity contribution in [1.29, 1.82) is 0 Å². The molecule has 318 valence electrons. The first-order valence-electron chi connectivity index (χ1n) is 20.7. The molecule has 0 spiro atoms. The van der Waals surface area contributed by atoms with E-state index >= 15 is 0 Å². The van der Waals surface area contributed by atoms with Crippen LogP contribution >= 0.6 is 0 Å². The monoisotopic (exact) mass is 804 g/mol. The van der Waals surface area contributed by atoms with Crippen molar-refractivity contribution in [3.05, 3.63) is 46.5 Å². The van der Waals surface area contributed by atoms with Crippen LogP contribution in [0.3, 0.4) is 0 Å². The number of methoxy groups -OCH3 is 4. The van der Waals surface area contributed by atoms with Crippen molar-refractivity contribution in [2.75, 3.05) is 69.7 Å². The number of guanidine groups is 1. The van der Waals surface area contributed by atoms with Gasteiger partial charge in [-0.3, -0.25) is 19.2 Å². The minimum absolute atomic E-state index is 0.0398. The molecule has 14 heteroatoms. The summed E-state index contributed by atoms with van der Waals surface area (Å²) in [6, 6.07) is 6.60. The molecule has 0 radical (unpaired) electrons. The number of ketones is 2. The highest BCUT2D eigenvalue weighted by Gasteiger charge is 2.31. The molecular weight excluding hydrogens is 741 g/mol. The molecule has 5 rings (SSSR count). The van der Waals surface area contributed by atoms with Crippen LogP contribution in [0.4, 0.5) is 0 Å². The molecule has 0 unspecified atom stereocenters. The molecule has 1 heterocycles. The van der Waals surface area contributed by atoms with Crippen LogP contribution < -0.4 is 34.9 Å². The Morgan fingerprint density at radius 3 is 1.36 bits per heavy atom. The van der Waals surface area contributed by atoms with E-state index in [0.717, 1.165) is 70.4 Å². The first-order chi connectivity index (χ1) is 27.8. The van der Waals surface area contributed by atoms with E-state index in [0.29, 0.717) is 59.8 Å². The highest BCUT2D eigenvalue weighted by atomic mass is 16.5. The normalized spacial score (nSPS) is 20.9. The Bertz CT molecular complexity index is 1780. The third kappa shape index (κ3) is 11.2.